The van der Waals surface area contributed by atoms with Crippen LogP contribution < -0.4 is 21.1 Å². The minimum absolute atomic E-state index is 0.148. The Morgan fingerprint density at radius 3 is 2.44 bits per heavy atom. The molecule has 0 unspecified atom stereocenters. The molecule has 0 spiro atoms. The zero-order valence-electron chi connectivity index (χ0n) is 11.1. The van der Waals surface area contributed by atoms with Crippen LogP contribution in [0.1, 0.15) is 12.8 Å². The lowest BCUT2D eigenvalue weighted by molar-refractivity contribution is 0.238. The summed E-state index contributed by atoms with van der Waals surface area (Å²) in [5.74, 6) is 0.905. The van der Waals surface area contributed by atoms with Gasteiger partial charge in [0, 0.05) is 24.8 Å². The van der Waals surface area contributed by atoms with E-state index < -0.39 is 0 Å². The first-order valence-corrected chi connectivity index (χ1v) is 6.52. The van der Waals surface area contributed by atoms with Crippen molar-refractivity contribution < 1.29 is 4.74 Å². The Hall–Kier alpha value is -1.26. The van der Waals surface area contributed by atoms with Crippen molar-refractivity contribution in [3.8, 4) is 5.75 Å². The van der Waals surface area contributed by atoms with E-state index in [4.69, 9.17) is 16.2 Å². The Kier molecular flexibility index (Phi) is 4.09. The van der Waals surface area contributed by atoms with Gasteiger partial charge in [-0.05, 0) is 43.5 Å². The number of methoxy groups -OCH3 is 1. The molecule has 0 saturated carbocycles. The maximum Gasteiger partial charge on any atom is 0.120 e. The van der Waals surface area contributed by atoms with Crippen LogP contribution >= 0.6 is 0 Å². The van der Waals surface area contributed by atoms with Crippen molar-refractivity contribution in [2.45, 2.75) is 12.8 Å². The summed E-state index contributed by atoms with van der Waals surface area (Å²) in [4.78, 5) is 2.38. The van der Waals surface area contributed by atoms with Crippen molar-refractivity contribution in [1.82, 2.24) is 0 Å². The van der Waals surface area contributed by atoms with E-state index in [0.29, 0.717) is 13.1 Å². The van der Waals surface area contributed by atoms with Gasteiger partial charge in [0.15, 0.2) is 0 Å². The van der Waals surface area contributed by atoms with E-state index >= 15 is 0 Å². The number of piperidine rings is 1. The largest absolute Gasteiger partial charge is 0.497 e. The lowest BCUT2D eigenvalue weighted by atomic mass is 9.78. The maximum absolute atomic E-state index is 5.86. The number of benzene rings is 1. The first kappa shape index (κ1) is 13.2. The highest BCUT2D eigenvalue weighted by atomic mass is 16.5. The van der Waals surface area contributed by atoms with Crippen LogP contribution in [0.4, 0.5) is 5.69 Å². The Balaban J connectivity index is 2.04. The molecule has 1 aromatic carbocycles. The zero-order valence-corrected chi connectivity index (χ0v) is 11.1. The highest BCUT2D eigenvalue weighted by Crippen LogP contribution is 2.32. The Morgan fingerprint density at radius 2 is 1.89 bits per heavy atom. The maximum atomic E-state index is 5.86. The summed E-state index contributed by atoms with van der Waals surface area (Å²) in [6.45, 7) is 3.41. The summed E-state index contributed by atoms with van der Waals surface area (Å²) in [5, 5.41) is 0. The van der Waals surface area contributed by atoms with Gasteiger partial charge in [0.2, 0.25) is 0 Å². The summed E-state index contributed by atoms with van der Waals surface area (Å²) in [6, 6.07) is 8.21. The van der Waals surface area contributed by atoms with E-state index in [1.165, 1.54) is 5.69 Å². The van der Waals surface area contributed by atoms with Crippen LogP contribution in [0.15, 0.2) is 24.3 Å². The van der Waals surface area contributed by atoms with Crippen LogP contribution in [0.5, 0.6) is 5.75 Å². The molecule has 0 aromatic heterocycles. The van der Waals surface area contributed by atoms with Gasteiger partial charge >= 0.3 is 0 Å². The first-order chi connectivity index (χ1) is 8.73. The second-order valence-corrected chi connectivity index (χ2v) is 5.10. The van der Waals surface area contributed by atoms with Gasteiger partial charge in [-0.25, -0.2) is 0 Å². The normalized spacial score (nSPS) is 18.7. The number of hydrogen-bond acceptors (Lipinski definition) is 4. The van der Waals surface area contributed by atoms with Crippen LogP contribution in [0, 0.1) is 5.41 Å². The third-order valence-corrected chi connectivity index (χ3v) is 4.11. The number of rotatable bonds is 4. The fourth-order valence-electron chi connectivity index (χ4n) is 2.54. The summed E-state index contributed by atoms with van der Waals surface area (Å²) in [7, 11) is 1.70. The predicted molar refractivity (Wildman–Crippen MR) is 75.0 cm³/mol. The molecule has 1 saturated heterocycles. The molecular weight excluding hydrogens is 226 g/mol. The fraction of sp³-hybridized carbons (Fsp3) is 0.571. The third kappa shape index (κ3) is 2.60. The van der Waals surface area contributed by atoms with Crippen molar-refractivity contribution in [1.29, 1.82) is 0 Å². The van der Waals surface area contributed by atoms with Gasteiger partial charge in [0.1, 0.15) is 5.75 Å². The van der Waals surface area contributed by atoms with Crippen molar-refractivity contribution in [3.63, 3.8) is 0 Å². The van der Waals surface area contributed by atoms with Gasteiger partial charge < -0.3 is 21.1 Å². The molecule has 4 nitrogen and oxygen atoms in total. The van der Waals surface area contributed by atoms with Crippen molar-refractivity contribution >= 4 is 5.69 Å². The number of hydrogen-bond donors (Lipinski definition) is 2. The Morgan fingerprint density at radius 1 is 1.22 bits per heavy atom. The topological polar surface area (TPSA) is 64.5 Å². The Bertz CT molecular complexity index is 380. The standard InChI is InChI=1S/C14H23N3O/c1-18-13-4-2-3-12(9-13)17-7-5-14(10-15,11-16)6-8-17/h2-4,9H,5-8,10-11,15-16H2,1H3. The van der Waals surface area contributed by atoms with Gasteiger partial charge in [-0.1, -0.05) is 6.07 Å². The Labute approximate surface area is 109 Å². The zero-order chi connectivity index (χ0) is 13.0. The van der Waals surface area contributed by atoms with Crippen LogP contribution in [-0.2, 0) is 0 Å². The second kappa shape index (κ2) is 5.59. The summed E-state index contributed by atoms with van der Waals surface area (Å²) >= 11 is 0. The molecule has 1 fully saturated rings. The van der Waals surface area contributed by atoms with E-state index in [0.717, 1.165) is 31.7 Å². The van der Waals surface area contributed by atoms with Crippen molar-refractivity contribution in [2.75, 3.05) is 38.2 Å². The van der Waals surface area contributed by atoms with E-state index in [2.05, 4.69) is 17.0 Å². The number of nitrogens with zero attached hydrogens (tertiary/aromatic N) is 1. The van der Waals surface area contributed by atoms with Gasteiger partial charge in [-0.15, -0.1) is 0 Å². The first-order valence-electron chi connectivity index (χ1n) is 6.52. The van der Waals surface area contributed by atoms with Crippen LogP contribution in [0.3, 0.4) is 0 Å². The molecule has 0 radical (unpaired) electrons. The molecule has 1 aliphatic rings. The third-order valence-electron chi connectivity index (χ3n) is 4.11. The van der Waals surface area contributed by atoms with Crippen LogP contribution in [0.2, 0.25) is 0 Å². The summed E-state index contributed by atoms with van der Waals surface area (Å²) < 4.78 is 5.26. The molecule has 0 aliphatic carbocycles. The molecule has 4 N–H and O–H groups in total. The number of ether oxygens (including phenoxy) is 1. The summed E-state index contributed by atoms with van der Waals surface area (Å²) in [5.41, 5.74) is 13.1. The molecule has 0 amide bonds. The monoisotopic (exact) mass is 249 g/mol. The molecule has 2 rings (SSSR count). The molecule has 18 heavy (non-hydrogen) atoms. The molecule has 0 atom stereocenters. The lowest BCUT2D eigenvalue weighted by Crippen LogP contribution is -2.47. The van der Waals surface area contributed by atoms with Crippen LogP contribution in [-0.4, -0.2) is 33.3 Å². The molecule has 0 bridgehead atoms. The highest BCUT2D eigenvalue weighted by Gasteiger charge is 2.32. The van der Waals surface area contributed by atoms with E-state index in [1.54, 1.807) is 7.11 Å². The van der Waals surface area contributed by atoms with Gasteiger partial charge in [0.25, 0.3) is 0 Å². The molecule has 1 aromatic rings. The lowest BCUT2D eigenvalue weighted by Gasteiger charge is -2.41. The van der Waals surface area contributed by atoms with Crippen molar-refractivity contribution in [3.05, 3.63) is 24.3 Å². The predicted octanol–water partition coefficient (Wildman–Crippen LogP) is 1.20. The van der Waals surface area contributed by atoms with E-state index in [1.807, 2.05) is 12.1 Å². The van der Waals surface area contributed by atoms with Crippen molar-refractivity contribution in [2.24, 2.45) is 16.9 Å². The average molecular weight is 249 g/mol. The number of anilines is 1. The molecule has 4 heteroatoms. The van der Waals surface area contributed by atoms with Gasteiger partial charge in [0.05, 0.1) is 7.11 Å². The second-order valence-electron chi connectivity index (χ2n) is 5.10. The van der Waals surface area contributed by atoms with Crippen LogP contribution in [0.25, 0.3) is 0 Å². The van der Waals surface area contributed by atoms with E-state index in [9.17, 15) is 0 Å². The van der Waals surface area contributed by atoms with Gasteiger partial charge in [-0.3, -0.25) is 0 Å². The molecular formula is C14H23N3O. The molecule has 1 aliphatic heterocycles. The summed E-state index contributed by atoms with van der Waals surface area (Å²) in [6.07, 6.45) is 2.13. The molecule has 1 heterocycles. The van der Waals surface area contributed by atoms with Gasteiger partial charge in [-0.2, -0.15) is 0 Å². The average Bonchev–Trinajstić information content (AvgIpc) is 2.47. The smallest absolute Gasteiger partial charge is 0.120 e. The fourth-order valence-corrected chi connectivity index (χ4v) is 2.54. The quantitative estimate of drug-likeness (QED) is 0.841. The highest BCUT2D eigenvalue weighted by molar-refractivity contribution is 5.51. The minimum Gasteiger partial charge on any atom is -0.497 e. The minimum atomic E-state index is 0.148. The number of nitrogens with two attached hydrogens (primary N) is 2. The molecule has 100 valence electrons. The van der Waals surface area contributed by atoms with E-state index in [-0.39, 0.29) is 5.41 Å². The SMILES string of the molecule is COc1cccc(N2CCC(CN)(CN)CC2)c1.